The molecule has 0 spiro atoms. The molecular formula is C5H8O3. The molecule has 3 heteroatoms. The van der Waals surface area contributed by atoms with Gasteiger partial charge in [-0.05, 0) is 13.0 Å². The molecule has 1 atom stereocenters. The molecule has 0 fully saturated rings. The monoisotopic (exact) mass is 116 g/mol. The first kappa shape index (κ1) is 7.17. The van der Waals surface area contributed by atoms with Crippen LogP contribution in [0.15, 0.2) is 12.7 Å². The van der Waals surface area contributed by atoms with E-state index in [4.69, 9.17) is 10.2 Å². The van der Waals surface area contributed by atoms with Gasteiger partial charge in [0.25, 0.3) is 0 Å². The van der Waals surface area contributed by atoms with Gasteiger partial charge in [-0.15, -0.1) is 0 Å². The Bertz CT molecular complexity index is 115. The minimum atomic E-state index is -1.78. The molecule has 2 N–H and O–H groups in total. The van der Waals surface area contributed by atoms with Crippen LogP contribution in [0, 0.1) is 0 Å². The van der Waals surface area contributed by atoms with Crippen molar-refractivity contribution < 1.29 is 15.0 Å². The van der Waals surface area contributed by atoms with Gasteiger partial charge in [0.15, 0.2) is 5.60 Å². The van der Waals surface area contributed by atoms with Crippen LogP contribution in [-0.4, -0.2) is 21.8 Å². The van der Waals surface area contributed by atoms with E-state index in [2.05, 4.69) is 6.58 Å². The molecule has 0 saturated heterocycles. The highest BCUT2D eigenvalue weighted by molar-refractivity contribution is 5.78. The molecule has 46 valence electrons. The molecule has 0 aliphatic carbocycles. The first-order valence-electron chi connectivity index (χ1n) is 2.10. The van der Waals surface area contributed by atoms with Crippen LogP contribution >= 0.6 is 0 Å². The highest BCUT2D eigenvalue weighted by Crippen LogP contribution is 2.01. The SMILES string of the molecule is C=C[C@](C)(O)C(=O)O. The lowest BCUT2D eigenvalue weighted by Crippen LogP contribution is -2.31. The predicted octanol–water partition coefficient (Wildman–Crippen LogP) is 0.00800. The Balaban J connectivity index is 4.12. The van der Waals surface area contributed by atoms with E-state index in [1.165, 1.54) is 0 Å². The summed E-state index contributed by atoms with van der Waals surface area (Å²) >= 11 is 0. The van der Waals surface area contributed by atoms with Crippen LogP contribution in [-0.2, 0) is 4.79 Å². The van der Waals surface area contributed by atoms with Crippen LogP contribution in [0.5, 0.6) is 0 Å². The van der Waals surface area contributed by atoms with Gasteiger partial charge in [0.05, 0.1) is 0 Å². The molecule has 0 saturated carbocycles. The Hall–Kier alpha value is -0.830. The summed E-state index contributed by atoms with van der Waals surface area (Å²) in [6, 6.07) is 0. The minimum Gasteiger partial charge on any atom is -0.479 e. The average Bonchev–Trinajstić information content (AvgIpc) is 1.67. The van der Waals surface area contributed by atoms with Crippen LogP contribution in [0.2, 0.25) is 0 Å². The summed E-state index contributed by atoms with van der Waals surface area (Å²) in [6.45, 7) is 4.28. The average molecular weight is 116 g/mol. The van der Waals surface area contributed by atoms with E-state index in [9.17, 15) is 4.79 Å². The fourth-order valence-corrected chi connectivity index (χ4v) is 0.0873. The third-order valence-electron chi connectivity index (χ3n) is 0.830. The van der Waals surface area contributed by atoms with E-state index in [1.54, 1.807) is 0 Å². The second-order valence-electron chi connectivity index (χ2n) is 1.66. The number of carbonyl (C=O) groups is 1. The first-order chi connectivity index (χ1) is 3.50. The molecule has 0 aromatic rings. The second kappa shape index (κ2) is 1.96. The standard InChI is InChI=1S/C5H8O3/c1-3-5(2,8)4(6)7/h3,8H,1H2,2H3,(H,6,7)/t5-/m0/s1. The Morgan fingerprint density at radius 3 is 2.25 bits per heavy atom. The molecular weight excluding hydrogens is 108 g/mol. The van der Waals surface area contributed by atoms with E-state index in [0.717, 1.165) is 13.0 Å². The van der Waals surface area contributed by atoms with Crippen molar-refractivity contribution in [1.29, 1.82) is 0 Å². The highest BCUT2D eigenvalue weighted by atomic mass is 16.4. The van der Waals surface area contributed by atoms with Crippen molar-refractivity contribution in [3.63, 3.8) is 0 Å². The molecule has 0 radical (unpaired) electrons. The van der Waals surface area contributed by atoms with Gasteiger partial charge >= 0.3 is 5.97 Å². The van der Waals surface area contributed by atoms with Crippen LogP contribution in [0.3, 0.4) is 0 Å². The lowest BCUT2D eigenvalue weighted by molar-refractivity contribution is -0.151. The summed E-state index contributed by atoms with van der Waals surface area (Å²) in [5.74, 6) is -1.28. The number of hydrogen-bond acceptors (Lipinski definition) is 2. The zero-order valence-electron chi connectivity index (χ0n) is 4.59. The molecule has 0 aromatic heterocycles. The zero-order valence-corrected chi connectivity index (χ0v) is 4.59. The first-order valence-corrected chi connectivity index (χ1v) is 2.10. The molecule has 0 aliphatic heterocycles. The Labute approximate surface area is 47.3 Å². The van der Waals surface area contributed by atoms with Crippen molar-refractivity contribution in [2.24, 2.45) is 0 Å². The van der Waals surface area contributed by atoms with Gasteiger partial charge in [-0.3, -0.25) is 0 Å². The number of carboxylic acids is 1. The Kier molecular flexibility index (Phi) is 1.76. The molecule has 0 amide bonds. The van der Waals surface area contributed by atoms with Crippen molar-refractivity contribution in [3.05, 3.63) is 12.7 Å². The van der Waals surface area contributed by atoms with Gasteiger partial charge in [-0.2, -0.15) is 0 Å². The number of hydrogen-bond donors (Lipinski definition) is 2. The molecule has 0 aliphatic rings. The van der Waals surface area contributed by atoms with E-state index >= 15 is 0 Å². The fraction of sp³-hybridized carbons (Fsp3) is 0.400. The molecule has 8 heavy (non-hydrogen) atoms. The normalized spacial score (nSPS) is 16.8. The Morgan fingerprint density at radius 2 is 2.25 bits per heavy atom. The highest BCUT2D eigenvalue weighted by Gasteiger charge is 2.24. The van der Waals surface area contributed by atoms with E-state index in [1.807, 2.05) is 0 Å². The van der Waals surface area contributed by atoms with Crippen molar-refractivity contribution in [3.8, 4) is 0 Å². The van der Waals surface area contributed by atoms with Gasteiger partial charge < -0.3 is 10.2 Å². The van der Waals surface area contributed by atoms with E-state index < -0.39 is 11.6 Å². The quantitative estimate of drug-likeness (QED) is 0.499. The lowest BCUT2D eigenvalue weighted by atomic mass is 10.1. The number of aliphatic carboxylic acids is 1. The summed E-state index contributed by atoms with van der Waals surface area (Å²) in [5, 5.41) is 16.8. The molecule has 0 rings (SSSR count). The molecule has 0 unspecified atom stereocenters. The van der Waals surface area contributed by atoms with Crippen molar-refractivity contribution in [2.45, 2.75) is 12.5 Å². The van der Waals surface area contributed by atoms with Crippen molar-refractivity contribution in [1.82, 2.24) is 0 Å². The minimum absolute atomic E-state index is 0.968. The van der Waals surface area contributed by atoms with Crippen molar-refractivity contribution in [2.75, 3.05) is 0 Å². The fourth-order valence-electron chi connectivity index (χ4n) is 0.0873. The molecule has 0 heterocycles. The second-order valence-corrected chi connectivity index (χ2v) is 1.66. The van der Waals surface area contributed by atoms with Crippen LogP contribution in [0.4, 0.5) is 0 Å². The van der Waals surface area contributed by atoms with Gasteiger partial charge in [-0.25, -0.2) is 4.79 Å². The van der Waals surface area contributed by atoms with Gasteiger partial charge in [0, 0.05) is 0 Å². The van der Waals surface area contributed by atoms with Crippen molar-refractivity contribution >= 4 is 5.97 Å². The molecule has 3 nitrogen and oxygen atoms in total. The van der Waals surface area contributed by atoms with E-state index in [-0.39, 0.29) is 0 Å². The van der Waals surface area contributed by atoms with Gasteiger partial charge in [0.1, 0.15) is 0 Å². The number of rotatable bonds is 2. The van der Waals surface area contributed by atoms with Crippen LogP contribution < -0.4 is 0 Å². The Morgan fingerprint density at radius 1 is 1.88 bits per heavy atom. The molecule has 0 aromatic carbocycles. The number of carboxylic acid groups (broad SMARTS) is 1. The maximum atomic E-state index is 9.93. The lowest BCUT2D eigenvalue weighted by Gasteiger charge is -2.09. The maximum Gasteiger partial charge on any atom is 0.339 e. The topological polar surface area (TPSA) is 57.5 Å². The molecule has 0 bridgehead atoms. The summed E-state index contributed by atoms with van der Waals surface area (Å²) < 4.78 is 0. The predicted molar refractivity (Wildman–Crippen MR) is 28.5 cm³/mol. The smallest absolute Gasteiger partial charge is 0.339 e. The van der Waals surface area contributed by atoms with Gasteiger partial charge in [-0.1, -0.05) is 6.58 Å². The third-order valence-corrected chi connectivity index (χ3v) is 0.830. The van der Waals surface area contributed by atoms with Crippen LogP contribution in [0.25, 0.3) is 0 Å². The summed E-state index contributed by atoms with van der Waals surface area (Å²) in [7, 11) is 0. The summed E-state index contributed by atoms with van der Waals surface area (Å²) in [5.41, 5.74) is -1.78. The number of aliphatic hydroxyl groups is 1. The van der Waals surface area contributed by atoms with Gasteiger partial charge in [0.2, 0.25) is 0 Å². The van der Waals surface area contributed by atoms with Crippen LogP contribution in [0.1, 0.15) is 6.92 Å². The third kappa shape index (κ3) is 1.35. The van der Waals surface area contributed by atoms with E-state index in [0.29, 0.717) is 0 Å². The zero-order chi connectivity index (χ0) is 6.78. The maximum absolute atomic E-state index is 9.93. The summed E-state index contributed by atoms with van der Waals surface area (Å²) in [6.07, 6.45) is 0.968. The summed E-state index contributed by atoms with van der Waals surface area (Å²) in [4.78, 5) is 9.93. The largest absolute Gasteiger partial charge is 0.479 e.